The molecule has 0 fully saturated rings. The first-order valence-electron chi connectivity index (χ1n) is 5.51. The molecule has 0 aliphatic carbocycles. The Morgan fingerprint density at radius 2 is 2.18 bits per heavy atom. The fraction of sp³-hybridized carbons (Fsp3) is 0.214. The Balaban J connectivity index is 3.18. The molecule has 3 heteroatoms. The standard InChI is InChI=1S/C14H18N2O/c1-5-11(4)16(6-2)13-8-7-12(14(15)17)9-10(13)3/h6-9H,2,4-5H2,1,3H3,(H2,15,17). The summed E-state index contributed by atoms with van der Waals surface area (Å²) in [5.74, 6) is -0.417. The number of nitrogens with zero attached hydrogens (tertiary/aromatic N) is 1. The van der Waals surface area contributed by atoms with Crippen LogP contribution >= 0.6 is 0 Å². The van der Waals surface area contributed by atoms with Gasteiger partial charge in [-0.05, 0) is 37.1 Å². The second-order valence-corrected chi connectivity index (χ2v) is 3.84. The third kappa shape index (κ3) is 2.75. The van der Waals surface area contributed by atoms with Crippen molar-refractivity contribution in [1.29, 1.82) is 0 Å². The van der Waals surface area contributed by atoms with E-state index in [2.05, 4.69) is 13.2 Å². The number of rotatable bonds is 5. The molecule has 0 aromatic heterocycles. The van der Waals surface area contributed by atoms with Crippen LogP contribution in [-0.4, -0.2) is 5.91 Å². The minimum atomic E-state index is -0.417. The number of carbonyl (C=O) groups is 1. The molecule has 1 aromatic carbocycles. The fourth-order valence-electron chi connectivity index (χ4n) is 1.65. The van der Waals surface area contributed by atoms with E-state index < -0.39 is 5.91 Å². The largest absolute Gasteiger partial charge is 0.366 e. The molecule has 90 valence electrons. The molecule has 1 amide bonds. The summed E-state index contributed by atoms with van der Waals surface area (Å²) in [7, 11) is 0. The molecular formula is C14H18N2O. The lowest BCUT2D eigenvalue weighted by Gasteiger charge is -2.23. The Kier molecular flexibility index (Phi) is 4.10. The van der Waals surface area contributed by atoms with Crippen molar-refractivity contribution in [2.75, 3.05) is 4.90 Å². The monoisotopic (exact) mass is 230 g/mol. The number of primary amides is 1. The lowest BCUT2D eigenvalue weighted by molar-refractivity contribution is 0.1000. The molecule has 0 bridgehead atoms. The molecule has 0 saturated heterocycles. The van der Waals surface area contributed by atoms with Gasteiger partial charge in [0.05, 0.1) is 0 Å². The van der Waals surface area contributed by atoms with Gasteiger partial charge in [0.2, 0.25) is 5.91 Å². The van der Waals surface area contributed by atoms with E-state index in [0.717, 1.165) is 23.4 Å². The summed E-state index contributed by atoms with van der Waals surface area (Å²) >= 11 is 0. The van der Waals surface area contributed by atoms with Gasteiger partial charge in [0.25, 0.3) is 0 Å². The average molecular weight is 230 g/mol. The Labute approximate surface area is 102 Å². The summed E-state index contributed by atoms with van der Waals surface area (Å²) in [6, 6.07) is 5.35. The highest BCUT2D eigenvalue weighted by Crippen LogP contribution is 2.25. The molecule has 1 rings (SSSR count). The molecular weight excluding hydrogens is 212 g/mol. The minimum Gasteiger partial charge on any atom is -0.366 e. The zero-order valence-electron chi connectivity index (χ0n) is 10.4. The van der Waals surface area contributed by atoms with Crippen LogP contribution in [0.1, 0.15) is 29.3 Å². The van der Waals surface area contributed by atoms with E-state index in [0.29, 0.717) is 5.56 Å². The number of carbonyl (C=O) groups excluding carboxylic acids is 1. The van der Waals surface area contributed by atoms with Gasteiger partial charge in [0, 0.05) is 23.1 Å². The predicted molar refractivity (Wildman–Crippen MR) is 71.8 cm³/mol. The highest BCUT2D eigenvalue weighted by atomic mass is 16.1. The number of hydrogen-bond acceptors (Lipinski definition) is 2. The summed E-state index contributed by atoms with van der Waals surface area (Å²) in [5, 5.41) is 0. The third-order valence-corrected chi connectivity index (χ3v) is 2.67. The lowest BCUT2D eigenvalue weighted by Crippen LogP contribution is -2.16. The molecule has 0 atom stereocenters. The van der Waals surface area contributed by atoms with Crippen molar-refractivity contribution in [1.82, 2.24) is 0 Å². The van der Waals surface area contributed by atoms with Crippen molar-refractivity contribution >= 4 is 11.6 Å². The van der Waals surface area contributed by atoms with Crippen LogP contribution in [0.3, 0.4) is 0 Å². The Hall–Kier alpha value is -2.03. The first-order valence-corrected chi connectivity index (χ1v) is 5.51. The van der Waals surface area contributed by atoms with E-state index >= 15 is 0 Å². The maximum atomic E-state index is 11.1. The van der Waals surface area contributed by atoms with Crippen LogP contribution < -0.4 is 10.6 Å². The zero-order valence-corrected chi connectivity index (χ0v) is 10.4. The molecule has 0 aliphatic heterocycles. The molecule has 0 saturated carbocycles. The Morgan fingerprint density at radius 1 is 1.53 bits per heavy atom. The maximum absolute atomic E-state index is 11.1. The number of anilines is 1. The van der Waals surface area contributed by atoms with Crippen LogP contribution in [0.2, 0.25) is 0 Å². The maximum Gasteiger partial charge on any atom is 0.248 e. The van der Waals surface area contributed by atoms with Gasteiger partial charge in [-0.3, -0.25) is 4.79 Å². The van der Waals surface area contributed by atoms with Gasteiger partial charge in [-0.2, -0.15) is 0 Å². The molecule has 2 N–H and O–H groups in total. The predicted octanol–water partition coefficient (Wildman–Crippen LogP) is 2.97. The summed E-state index contributed by atoms with van der Waals surface area (Å²) in [5.41, 5.74) is 8.64. The second kappa shape index (κ2) is 5.34. The van der Waals surface area contributed by atoms with Gasteiger partial charge >= 0.3 is 0 Å². The molecule has 0 heterocycles. The highest BCUT2D eigenvalue weighted by Gasteiger charge is 2.10. The van der Waals surface area contributed by atoms with Crippen LogP contribution in [0.5, 0.6) is 0 Å². The number of aryl methyl sites for hydroxylation is 1. The van der Waals surface area contributed by atoms with E-state index in [1.807, 2.05) is 24.8 Å². The second-order valence-electron chi connectivity index (χ2n) is 3.84. The topological polar surface area (TPSA) is 46.3 Å². The quantitative estimate of drug-likeness (QED) is 0.845. The molecule has 0 aliphatic rings. The zero-order chi connectivity index (χ0) is 13.0. The van der Waals surface area contributed by atoms with Crippen molar-refractivity contribution in [3.8, 4) is 0 Å². The van der Waals surface area contributed by atoms with E-state index in [-0.39, 0.29) is 0 Å². The number of benzene rings is 1. The lowest BCUT2D eigenvalue weighted by atomic mass is 10.1. The number of hydrogen-bond donors (Lipinski definition) is 1. The number of nitrogens with two attached hydrogens (primary N) is 1. The first-order chi connectivity index (χ1) is 8.01. The smallest absolute Gasteiger partial charge is 0.248 e. The van der Waals surface area contributed by atoms with Crippen molar-refractivity contribution in [3.63, 3.8) is 0 Å². The van der Waals surface area contributed by atoms with Crippen LogP contribution in [0.25, 0.3) is 0 Å². The average Bonchev–Trinajstić information content (AvgIpc) is 2.31. The Morgan fingerprint density at radius 3 is 2.59 bits per heavy atom. The molecule has 17 heavy (non-hydrogen) atoms. The summed E-state index contributed by atoms with van der Waals surface area (Å²) < 4.78 is 0. The minimum absolute atomic E-state index is 0.417. The normalized spacial score (nSPS) is 9.76. The van der Waals surface area contributed by atoms with E-state index in [1.54, 1.807) is 18.3 Å². The fourth-order valence-corrected chi connectivity index (χ4v) is 1.65. The van der Waals surface area contributed by atoms with E-state index in [9.17, 15) is 4.79 Å². The van der Waals surface area contributed by atoms with E-state index in [1.165, 1.54) is 0 Å². The van der Waals surface area contributed by atoms with Crippen LogP contribution in [-0.2, 0) is 0 Å². The van der Waals surface area contributed by atoms with Crippen molar-refractivity contribution in [3.05, 3.63) is 54.4 Å². The van der Waals surface area contributed by atoms with Crippen molar-refractivity contribution in [2.24, 2.45) is 5.73 Å². The summed E-state index contributed by atoms with van der Waals surface area (Å²) in [6.07, 6.45) is 2.56. The number of allylic oxidation sites excluding steroid dienone is 1. The van der Waals surface area contributed by atoms with Gasteiger partial charge in [-0.15, -0.1) is 0 Å². The van der Waals surface area contributed by atoms with Crippen LogP contribution in [0, 0.1) is 6.92 Å². The molecule has 0 radical (unpaired) electrons. The van der Waals surface area contributed by atoms with Gasteiger partial charge < -0.3 is 10.6 Å². The van der Waals surface area contributed by atoms with Crippen molar-refractivity contribution in [2.45, 2.75) is 20.3 Å². The first kappa shape index (κ1) is 13.0. The van der Waals surface area contributed by atoms with Crippen LogP contribution in [0.4, 0.5) is 5.69 Å². The van der Waals surface area contributed by atoms with Gasteiger partial charge in [-0.25, -0.2) is 0 Å². The molecule has 0 spiro atoms. The highest BCUT2D eigenvalue weighted by molar-refractivity contribution is 5.93. The number of amides is 1. The molecule has 3 nitrogen and oxygen atoms in total. The third-order valence-electron chi connectivity index (χ3n) is 2.67. The SMILES string of the molecule is C=CN(C(=C)CC)c1ccc(C(N)=O)cc1C. The van der Waals surface area contributed by atoms with Gasteiger partial charge in [0.15, 0.2) is 0 Å². The van der Waals surface area contributed by atoms with Gasteiger partial charge in [0.1, 0.15) is 0 Å². The van der Waals surface area contributed by atoms with E-state index in [4.69, 9.17) is 5.73 Å². The molecule has 1 aromatic rings. The summed E-state index contributed by atoms with van der Waals surface area (Å²) in [6.45, 7) is 11.7. The summed E-state index contributed by atoms with van der Waals surface area (Å²) in [4.78, 5) is 13.0. The Bertz CT molecular complexity index is 463. The molecule has 0 unspecified atom stereocenters. The van der Waals surface area contributed by atoms with Crippen molar-refractivity contribution < 1.29 is 4.79 Å². The van der Waals surface area contributed by atoms with Gasteiger partial charge in [-0.1, -0.05) is 20.1 Å². The van der Waals surface area contributed by atoms with Crippen LogP contribution in [0.15, 0.2) is 43.3 Å².